The van der Waals surface area contributed by atoms with E-state index in [-0.39, 0.29) is 0 Å². The van der Waals surface area contributed by atoms with Crippen LogP contribution in [-0.4, -0.2) is 4.70 Å². The monoisotopic (exact) mass is 793 g/mol. The zero-order valence-corrected chi connectivity index (χ0v) is 37.6. The Morgan fingerprint density at radius 3 is 1.35 bits per heavy atom. The van der Waals surface area contributed by atoms with Gasteiger partial charge in [0.05, 0.1) is 0 Å². The second-order valence-corrected chi connectivity index (χ2v) is 16.9. The topological polar surface area (TPSA) is 25.3 Å². The number of hydrogen-bond donors (Lipinski definition) is 0. The molecule has 1 heterocycles. The third-order valence-electron chi connectivity index (χ3n) is 10.9. The average Bonchev–Trinajstić information content (AvgIpc) is 3.47. The summed E-state index contributed by atoms with van der Waals surface area (Å²) in [4.78, 5) is 0. The third-order valence-corrected chi connectivity index (χ3v) is 10.9. The SMILES string of the molecule is CCCCCCCCCCCC#CC1=C(c2cccc(CCCCCCCC)c2)[N+](=[N-])C(c2cccc(CCCCCCCC)c2)=C1CCCCC.[CH3][Ni][CH3]. The van der Waals surface area contributed by atoms with Gasteiger partial charge in [0.2, 0.25) is 11.4 Å². The van der Waals surface area contributed by atoms with Gasteiger partial charge in [0.25, 0.3) is 0 Å². The summed E-state index contributed by atoms with van der Waals surface area (Å²) in [6.07, 6.45) is 35.1. The van der Waals surface area contributed by atoms with E-state index in [1.165, 1.54) is 163 Å². The Hall–Kier alpha value is -2.43. The predicted octanol–water partition coefficient (Wildman–Crippen LogP) is 17.3. The molecule has 1 aliphatic rings. The van der Waals surface area contributed by atoms with Crippen molar-refractivity contribution >= 4 is 11.4 Å². The Balaban J connectivity index is 0.00000337. The summed E-state index contributed by atoms with van der Waals surface area (Å²) in [5.74, 6) is 11.4. The number of unbranched alkanes of at least 4 members (excludes halogenated alkanes) is 21. The fraction of sp³-hybridized carbons (Fsp3) is 0.654. The molecule has 2 aromatic rings. The molecule has 0 amide bonds. The molecule has 3 rings (SSSR count). The van der Waals surface area contributed by atoms with Crippen molar-refractivity contribution in [2.75, 3.05) is 0 Å². The van der Waals surface area contributed by atoms with Gasteiger partial charge in [0.1, 0.15) is 5.57 Å². The van der Waals surface area contributed by atoms with Crippen molar-refractivity contribution < 1.29 is 19.1 Å². The van der Waals surface area contributed by atoms with Crippen LogP contribution < -0.4 is 0 Å². The first-order chi connectivity index (χ1) is 27.1. The van der Waals surface area contributed by atoms with E-state index in [1.807, 2.05) is 0 Å². The van der Waals surface area contributed by atoms with Gasteiger partial charge in [0, 0.05) is 23.1 Å². The third kappa shape index (κ3) is 20.0. The molecule has 0 saturated carbocycles. The molecule has 0 bridgehead atoms. The Bertz CT molecular complexity index is 1440. The Morgan fingerprint density at radius 1 is 0.491 bits per heavy atom. The Labute approximate surface area is 347 Å². The maximum absolute atomic E-state index is 12.3. The van der Waals surface area contributed by atoms with Crippen LogP contribution in [-0.2, 0) is 27.3 Å². The van der Waals surface area contributed by atoms with Crippen LogP contribution >= 0.6 is 0 Å². The molecule has 1 aliphatic heterocycles. The zero-order valence-electron chi connectivity index (χ0n) is 36.6. The second-order valence-electron chi connectivity index (χ2n) is 16.0. The quantitative estimate of drug-likeness (QED) is 0.0339. The van der Waals surface area contributed by atoms with Gasteiger partial charge in [-0.1, -0.05) is 192 Å². The standard InChI is InChI=1S/C50H76N2.2CH3.Ni/c1-5-9-13-16-19-20-21-22-23-26-30-40-48-47(39-27-12-8-4)49(45-37-31-35-43(41-45)33-28-24-17-14-10-6-2)52(51)50(48)46-38-32-36-44(42-46)34-29-25-18-15-11-7-3;;;/h31-32,35-38,41-42H,5-29,33-34,39H2,1-4H3;2*1H3;. The van der Waals surface area contributed by atoms with E-state index < -0.39 is 0 Å². The summed E-state index contributed by atoms with van der Waals surface area (Å²) >= 11 is 1.62. The van der Waals surface area contributed by atoms with Crippen LogP contribution in [0.15, 0.2) is 59.7 Å². The van der Waals surface area contributed by atoms with Crippen LogP contribution in [0.2, 0.25) is 11.8 Å². The summed E-state index contributed by atoms with van der Waals surface area (Å²) in [6, 6.07) is 18.0. The van der Waals surface area contributed by atoms with E-state index in [2.05, 4.69) is 99.9 Å². The molecule has 2 nitrogen and oxygen atoms in total. The average molecular weight is 794 g/mol. The van der Waals surface area contributed by atoms with Crippen molar-refractivity contribution in [2.24, 2.45) is 0 Å². The van der Waals surface area contributed by atoms with Gasteiger partial charge in [-0.05, 0) is 80.3 Å². The molecule has 55 heavy (non-hydrogen) atoms. The summed E-state index contributed by atoms with van der Waals surface area (Å²) in [5, 5.41) is 0. The van der Waals surface area contributed by atoms with Crippen LogP contribution in [0.5, 0.6) is 0 Å². The van der Waals surface area contributed by atoms with Gasteiger partial charge in [0.15, 0.2) is 0 Å². The normalized spacial score (nSPS) is 12.7. The zero-order chi connectivity index (χ0) is 39.8. The number of hydrogen-bond acceptors (Lipinski definition) is 0. The van der Waals surface area contributed by atoms with E-state index in [0.717, 1.165) is 66.6 Å². The molecule has 2 aromatic carbocycles. The van der Waals surface area contributed by atoms with Gasteiger partial charge >= 0.3 is 26.2 Å². The van der Waals surface area contributed by atoms with Crippen molar-refractivity contribution in [3.05, 3.63) is 87.5 Å². The van der Waals surface area contributed by atoms with E-state index >= 15 is 0 Å². The summed E-state index contributed by atoms with van der Waals surface area (Å²) < 4.78 is 1.53. The van der Waals surface area contributed by atoms with Crippen LogP contribution in [0.1, 0.15) is 217 Å². The van der Waals surface area contributed by atoms with Gasteiger partial charge in [-0.2, -0.15) is 0 Å². The van der Waals surface area contributed by atoms with Crippen LogP contribution in [0.4, 0.5) is 0 Å². The van der Waals surface area contributed by atoms with Crippen molar-refractivity contribution in [3.8, 4) is 11.8 Å². The van der Waals surface area contributed by atoms with Crippen LogP contribution in [0.25, 0.3) is 16.9 Å². The Kier molecular flexibility index (Phi) is 28.9. The van der Waals surface area contributed by atoms with Gasteiger partial charge < -0.3 is 5.53 Å². The summed E-state index contributed by atoms with van der Waals surface area (Å²) in [5.41, 5.74) is 21.3. The number of allylic oxidation sites excluding steroid dienone is 2. The molecule has 0 aliphatic carbocycles. The first-order valence-corrected chi connectivity index (χ1v) is 24.9. The molecule has 3 heteroatoms. The molecule has 0 atom stereocenters. The van der Waals surface area contributed by atoms with Crippen LogP contribution in [0, 0.1) is 11.8 Å². The van der Waals surface area contributed by atoms with Crippen LogP contribution in [0.3, 0.4) is 0 Å². The molecule has 0 spiro atoms. The number of rotatable bonds is 29. The van der Waals surface area contributed by atoms with Gasteiger partial charge in [-0.25, -0.2) is 4.70 Å². The molecule has 0 fully saturated rings. The molecule has 0 unspecified atom stereocenters. The minimum absolute atomic E-state index is 0.882. The van der Waals surface area contributed by atoms with Crippen molar-refractivity contribution in [3.63, 3.8) is 0 Å². The van der Waals surface area contributed by atoms with Crippen molar-refractivity contribution in [2.45, 2.75) is 219 Å². The van der Waals surface area contributed by atoms with Gasteiger partial charge in [-0.3, -0.25) is 0 Å². The molecular weight excluding hydrogens is 711 g/mol. The Morgan fingerprint density at radius 2 is 0.873 bits per heavy atom. The molecule has 0 saturated heterocycles. The second kappa shape index (κ2) is 32.6. The fourth-order valence-electron chi connectivity index (χ4n) is 7.74. The van der Waals surface area contributed by atoms with Crippen molar-refractivity contribution in [1.29, 1.82) is 0 Å². The maximum atomic E-state index is 12.3. The first kappa shape index (κ1) is 48.7. The number of nitrogens with zero attached hydrogens (tertiary/aromatic N) is 2. The fourth-order valence-corrected chi connectivity index (χ4v) is 7.74. The number of aryl methyl sites for hydroxylation is 2. The first-order valence-electron chi connectivity index (χ1n) is 22.9. The number of benzene rings is 2. The molecular formula is C52H82N2Ni. The molecule has 0 radical (unpaired) electrons. The van der Waals surface area contributed by atoms with Gasteiger partial charge in [-0.15, -0.1) is 0 Å². The minimum atomic E-state index is 0.882. The van der Waals surface area contributed by atoms with E-state index in [0.29, 0.717) is 0 Å². The summed E-state index contributed by atoms with van der Waals surface area (Å²) in [6.45, 7) is 9.13. The summed E-state index contributed by atoms with van der Waals surface area (Å²) in [7, 11) is 0. The molecule has 310 valence electrons. The molecule has 0 N–H and O–H groups in total. The van der Waals surface area contributed by atoms with E-state index in [9.17, 15) is 5.53 Å². The van der Waals surface area contributed by atoms with Crippen molar-refractivity contribution in [1.82, 2.24) is 0 Å². The predicted molar refractivity (Wildman–Crippen MR) is 240 cm³/mol. The van der Waals surface area contributed by atoms with E-state index in [1.54, 1.807) is 14.4 Å². The molecule has 0 aromatic heterocycles. The van der Waals surface area contributed by atoms with E-state index in [4.69, 9.17) is 0 Å².